The predicted molar refractivity (Wildman–Crippen MR) is 163 cm³/mol. The Balaban J connectivity index is 1.97. The number of likely N-dealkylation sites (N-methyl/N-ethyl adjacent to an activating group) is 1. The summed E-state index contributed by atoms with van der Waals surface area (Å²) in [5.74, 6) is -4.47. The molecule has 12 heteroatoms. The molecule has 0 saturated heterocycles. The van der Waals surface area contributed by atoms with Gasteiger partial charge in [0, 0.05) is 19.1 Å². The van der Waals surface area contributed by atoms with Crippen molar-refractivity contribution in [1.82, 2.24) is 26.2 Å². The first-order valence-corrected chi connectivity index (χ1v) is 14.9. The van der Waals surface area contributed by atoms with Crippen molar-refractivity contribution < 1.29 is 33.0 Å². The highest BCUT2D eigenvalue weighted by Gasteiger charge is 2.32. The molecular formula is C32H45F2N5O5. The summed E-state index contributed by atoms with van der Waals surface area (Å²) in [6.07, 6.45) is 0.484. The van der Waals surface area contributed by atoms with E-state index in [1.54, 1.807) is 32.8 Å². The molecule has 0 aromatic heterocycles. The van der Waals surface area contributed by atoms with E-state index < -0.39 is 53.4 Å². The Hall–Kier alpha value is -3.77. The highest BCUT2D eigenvalue weighted by atomic mass is 19.1. The third-order valence-electron chi connectivity index (χ3n) is 7.40. The maximum Gasteiger partial charge on any atom is 0.243 e. The normalized spacial score (nSPS) is 24.4. The number of hydrogen-bond acceptors (Lipinski definition) is 7. The molecule has 5 atom stereocenters. The van der Waals surface area contributed by atoms with Crippen molar-refractivity contribution in [2.24, 2.45) is 11.8 Å². The van der Waals surface area contributed by atoms with Gasteiger partial charge in [0.1, 0.15) is 24.4 Å². The molecule has 1 aliphatic rings. The second-order valence-electron chi connectivity index (χ2n) is 12.3. The maximum absolute atomic E-state index is 14.2. The van der Waals surface area contributed by atoms with Crippen molar-refractivity contribution in [2.75, 3.05) is 33.8 Å². The summed E-state index contributed by atoms with van der Waals surface area (Å²) in [5.41, 5.74) is 1.08. The van der Waals surface area contributed by atoms with Crippen LogP contribution in [-0.4, -0.2) is 85.7 Å². The highest BCUT2D eigenvalue weighted by Crippen LogP contribution is 2.23. The van der Waals surface area contributed by atoms with Crippen molar-refractivity contribution >= 4 is 17.7 Å². The van der Waals surface area contributed by atoms with E-state index in [4.69, 9.17) is 4.74 Å². The molecule has 1 aliphatic heterocycles. The second-order valence-corrected chi connectivity index (χ2v) is 12.3. The Morgan fingerprint density at radius 3 is 2.27 bits per heavy atom. The summed E-state index contributed by atoms with van der Waals surface area (Å²) in [4.78, 5) is 42.2. The molecule has 2 aromatic carbocycles. The van der Waals surface area contributed by atoms with Crippen LogP contribution >= 0.6 is 0 Å². The number of phenolic OH excluding ortho intramolecular Hbond substituents is 1. The molecule has 0 radical (unpaired) electrons. The minimum Gasteiger partial charge on any atom is -0.503 e. The van der Waals surface area contributed by atoms with Gasteiger partial charge in [-0.2, -0.15) is 0 Å². The Labute approximate surface area is 257 Å². The molecule has 2 aromatic rings. The molecule has 0 saturated carbocycles. The zero-order valence-electron chi connectivity index (χ0n) is 26.2. The fraction of sp³-hybridized carbons (Fsp3) is 0.531. The molecule has 242 valence electrons. The summed E-state index contributed by atoms with van der Waals surface area (Å²) in [6, 6.07) is 6.21. The number of fused-ring (bicyclic) bond motifs is 1. The quantitative estimate of drug-likeness (QED) is 0.348. The lowest BCUT2D eigenvalue weighted by Crippen LogP contribution is -2.60. The van der Waals surface area contributed by atoms with Crippen molar-refractivity contribution in [3.8, 4) is 11.5 Å². The van der Waals surface area contributed by atoms with Gasteiger partial charge in [-0.3, -0.25) is 19.7 Å². The van der Waals surface area contributed by atoms with Crippen LogP contribution < -0.4 is 26.0 Å². The molecule has 10 nitrogen and oxygen atoms in total. The minimum atomic E-state index is -1.15. The summed E-state index contributed by atoms with van der Waals surface area (Å²) >= 11 is 0. The average Bonchev–Trinajstić information content (AvgIpc) is 2.95. The van der Waals surface area contributed by atoms with Crippen LogP contribution in [0.5, 0.6) is 11.5 Å². The van der Waals surface area contributed by atoms with E-state index in [1.807, 2.05) is 38.1 Å². The number of amides is 3. The molecule has 5 N–H and O–H groups in total. The van der Waals surface area contributed by atoms with Crippen LogP contribution in [0.2, 0.25) is 0 Å². The van der Waals surface area contributed by atoms with Crippen molar-refractivity contribution in [3.05, 3.63) is 59.2 Å². The van der Waals surface area contributed by atoms with Crippen LogP contribution in [0.4, 0.5) is 8.78 Å². The molecule has 0 fully saturated rings. The van der Waals surface area contributed by atoms with Gasteiger partial charge in [-0.25, -0.2) is 8.78 Å². The van der Waals surface area contributed by atoms with Crippen molar-refractivity contribution in [1.29, 1.82) is 0 Å². The molecule has 3 rings (SSSR count). The molecular weight excluding hydrogens is 572 g/mol. The minimum absolute atomic E-state index is 0.0621. The number of para-hydroxylation sites is 1. The number of aromatic hydroxyl groups is 1. The van der Waals surface area contributed by atoms with Gasteiger partial charge in [-0.1, -0.05) is 39.0 Å². The lowest BCUT2D eigenvalue weighted by Gasteiger charge is -2.29. The van der Waals surface area contributed by atoms with Gasteiger partial charge in [-0.15, -0.1) is 0 Å². The van der Waals surface area contributed by atoms with Gasteiger partial charge in [-0.05, 0) is 75.0 Å². The van der Waals surface area contributed by atoms with Gasteiger partial charge in [0.05, 0.1) is 6.04 Å². The number of halogens is 2. The van der Waals surface area contributed by atoms with Gasteiger partial charge in [0.25, 0.3) is 0 Å². The Kier molecular flexibility index (Phi) is 12.5. The first kappa shape index (κ1) is 34.7. The number of phenols is 1. The van der Waals surface area contributed by atoms with Crippen LogP contribution in [0.15, 0.2) is 36.4 Å². The van der Waals surface area contributed by atoms with Gasteiger partial charge < -0.3 is 30.7 Å². The van der Waals surface area contributed by atoms with Crippen molar-refractivity contribution in [2.45, 2.75) is 64.7 Å². The van der Waals surface area contributed by atoms with E-state index in [9.17, 15) is 28.3 Å². The van der Waals surface area contributed by atoms with E-state index in [-0.39, 0.29) is 42.9 Å². The van der Waals surface area contributed by atoms with Crippen LogP contribution in [-0.2, 0) is 27.2 Å². The number of carbonyl (C=O) groups excluding carboxylic acids is 3. The molecule has 0 aliphatic carbocycles. The van der Waals surface area contributed by atoms with E-state index in [1.165, 1.54) is 0 Å². The number of rotatable bonds is 5. The molecule has 44 heavy (non-hydrogen) atoms. The number of nitrogens with one attached hydrogen (secondary N) is 4. The van der Waals surface area contributed by atoms with Crippen LogP contribution in [0.1, 0.15) is 38.8 Å². The topological polar surface area (TPSA) is 132 Å². The third kappa shape index (κ3) is 9.88. The van der Waals surface area contributed by atoms with Gasteiger partial charge >= 0.3 is 0 Å². The number of hydrogen-bond donors (Lipinski definition) is 5. The van der Waals surface area contributed by atoms with Crippen molar-refractivity contribution in [3.63, 3.8) is 0 Å². The van der Waals surface area contributed by atoms with E-state index in [0.29, 0.717) is 18.7 Å². The molecule has 0 bridgehead atoms. The first-order valence-electron chi connectivity index (χ1n) is 14.9. The third-order valence-corrected chi connectivity index (χ3v) is 7.40. The smallest absolute Gasteiger partial charge is 0.243 e. The summed E-state index contributed by atoms with van der Waals surface area (Å²) < 4.78 is 34.5. The largest absolute Gasteiger partial charge is 0.503 e. The number of benzene rings is 2. The maximum atomic E-state index is 14.2. The fourth-order valence-corrected chi connectivity index (χ4v) is 5.07. The number of ether oxygens (including phenoxy) is 1. The Bertz CT molecular complexity index is 1280. The first-order chi connectivity index (χ1) is 20.7. The standard InChI is InChI=1S/C32H45F2N5O5/c1-18(2)28-32(43)37-26(16-39(5)6)30(41)35-15-19(3)11-22-9-7-8-10-27(22)44-17-20(4)36-25(31(42)38-28)14-21-12-23(33)29(40)24(34)13-21/h7-10,12-13,18-20,25-26,28,36,40H,11,14-17H2,1-6H3,(H,35,41)(H,37,43)(H,38,42)/t19-,20-,25+,26-,28+/m0/s1. The van der Waals surface area contributed by atoms with E-state index >= 15 is 0 Å². The van der Waals surface area contributed by atoms with Gasteiger partial charge in [0.15, 0.2) is 17.4 Å². The Morgan fingerprint density at radius 2 is 1.64 bits per heavy atom. The van der Waals surface area contributed by atoms with E-state index in [2.05, 4.69) is 21.3 Å². The fourth-order valence-electron chi connectivity index (χ4n) is 5.07. The lowest BCUT2D eigenvalue weighted by molar-refractivity contribution is -0.133. The number of carbonyl (C=O) groups is 3. The SMILES string of the molecule is CC(C)[C@H]1NC(=O)[C@@H](Cc2cc(F)c(O)c(F)c2)N[C@@H](C)COc2ccccc2C[C@H](C)CNC(=O)[C@H](CN(C)C)NC1=O. The molecule has 0 spiro atoms. The molecule has 0 unspecified atom stereocenters. The second kappa shape index (κ2) is 15.8. The zero-order valence-corrected chi connectivity index (χ0v) is 26.2. The molecule has 3 amide bonds. The van der Waals surface area contributed by atoms with E-state index in [0.717, 1.165) is 17.7 Å². The molecule has 1 heterocycles. The summed E-state index contributed by atoms with van der Waals surface area (Å²) in [5, 5.41) is 21.3. The zero-order chi connectivity index (χ0) is 32.6. The Morgan fingerprint density at radius 1 is 0.977 bits per heavy atom. The highest BCUT2D eigenvalue weighted by molar-refractivity contribution is 5.93. The average molecular weight is 618 g/mol. The lowest BCUT2D eigenvalue weighted by atomic mass is 9.99. The van der Waals surface area contributed by atoms with Crippen LogP contribution in [0, 0.1) is 23.5 Å². The monoisotopic (exact) mass is 617 g/mol. The van der Waals surface area contributed by atoms with Crippen LogP contribution in [0.3, 0.4) is 0 Å². The summed E-state index contributed by atoms with van der Waals surface area (Å²) in [6.45, 7) is 8.15. The van der Waals surface area contributed by atoms with Crippen LogP contribution in [0.25, 0.3) is 0 Å². The summed E-state index contributed by atoms with van der Waals surface area (Å²) in [7, 11) is 3.58. The number of nitrogens with zero attached hydrogens (tertiary/aromatic N) is 1. The van der Waals surface area contributed by atoms with Gasteiger partial charge in [0.2, 0.25) is 17.7 Å². The predicted octanol–water partition coefficient (Wildman–Crippen LogP) is 2.13.